The van der Waals surface area contributed by atoms with Crippen LogP contribution in [0.15, 0.2) is 73.4 Å². The number of hydrogen-bond acceptors (Lipinski definition) is 11. The van der Waals surface area contributed by atoms with Crippen LogP contribution in [0.2, 0.25) is 0 Å². The van der Waals surface area contributed by atoms with Gasteiger partial charge in [0.25, 0.3) is 5.91 Å². The number of esters is 1. The van der Waals surface area contributed by atoms with Crippen molar-refractivity contribution >= 4 is 46.7 Å². The normalized spacial score (nSPS) is 20.7. The molecule has 0 spiro atoms. The van der Waals surface area contributed by atoms with Crippen LogP contribution in [0, 0.1) is 17.3 Å². The molecule has 67 heavy (non-hydrogen) atoms. The first-order valence-corrected chi connectivity index (χ1v) is 23.3. The van der Waals surface area contributed by atoms with Crippen LogP contribution in [-0.2, 0) is 46.4 Å². The minimum Gasteiger partial charge on any atom is -0.463 e. The Morgan fingerprint density at radius 2 is 1.79 bits per heavy atom. The summed E-state index contributed by atoms with van der Waals surface area (Å²) in [5.74, 6) is -1.33. The van der Waals surface area contributed by atoms with Crippen molar-refractivity contribution < 1.29 is 38.2 Å². The predicted octanol–water partition coefficient (Wildman–Crippen LogP) is 6.19. The Morgan fingerprint density at radius 1 is 1.04 bits per heavy atom. The number of cyclic esters (lactones) is 1. The number of carbonyl (C=O) groups is 6. The molecule has 0 saturated carbocycles. The lowest BCUT2D eigenvalue weighted by Crippen LogP contribution is -2.61. The number of benzene rings is 2. The van der Waals surface area contributed by atoms with E-state index in [1.54, 1.807) is 32.1 Å². The Hall–Kier alpha value is -6.03. The van der Waals surface area contributed by atoms with Crippen molar-refractivity contribution in [2.45, 2.75) is 98.0 Å². The van der Waals surface area contributed by atoms with Crippen molar-refractivity contribution in [2.24, 2.45) is 17.3 Å². The number of aryl methyl sites for hydroxylation is 1. The first-order valence-electron chi connectivity index (χ1n) is 23.3. The molecule has 4 aromatic rings. The van der Waals surface area contributed by atoms with E-state index < -0.39 is 29.5 Å². The summed E-state index contributed by atoms with van der Waals surface area (Å²) in [6, 6.07) is 15.8. The maximum absolute atomic E-state index is 15.1. The third-order valence-electron chi connectivity index (χ3n) is 13.0. The monoisotopic (exact) mass is 918 g/mol. The first-order chi connectivity index (χ1) is 31.9. The number of hydrazine groups is 1. The minimum absolute atomic E-state index is 0.00190. The number of methoxy groups -OCH3 is 1. The van der Waals surface area contributed by atoms with Gasteiger partial charge in [-0.15, -0.1) is 0 Å². The molecule has 2 N–H and O–H groups in total. The van der Waals surface area contributed by atoms with E-state index in [1.807, 2.05) is 94.4 Å². The molecule has 15 heteroatoms. The van der Waals surface area contributed by atoms with Crippen molar-refractivity contribution in [3.05, 3.63) is 90.3 Å². The maximum atomic E-state index is 15.1. The number of ketones is 1. The Morgan fingerprint density at radius 3 is 2.45 bits per heavy atom. The van der Waals surface area contributed by atoms with Gasteiger partial charge in [0, 0.05) is 68.3 Å². The zero-order valence-corrected chi connectivity index (χ0v) is 40.5. The SMILES string of the molecule is C=CC(=O)N1CCC(C=O)C1.CCn1c(-c2cccnc2C(C)OC)c2c3cc(ccc31)-c1cccc(c1)CC(NC(=O)C(C(C)C)N(C)C)C(=O)N1CCC[C@H](N1)C(=O)OCC(C)(C)C2=O. The number of aromatic nitrogens is 2. The van der Waals surface area contributed by atoms with E-state index in [-0.39, 0.29) is 54.5 Å². The molecule has 2 aromatic heterocycles. The van der Waals surface area contributed by atoms with E-state index in [1.165, 1.54) is 11.1 Å². The van der Waals surface area contributed by atoms with E-state index in [2.05, 4.69) is 28.8 Å². The zero-order chi connectivity index (χ0) is 48.7. The molecule has 6 bridgehead atoms. The number of hydrogen-bond donors (Lipinski definition) is 2. The van der Waals surface area contributed by atoms with E-state index in [9.17, 15) is 24.0 Å². The number of fused-ring (bicyclic) bond motifs is 6. The fourth-order valence-corrected chi connectivity index (χ4v) is 9.42. The molecular weight excluding hydrogens is 851 g/mol. The van der Waals surface area contributed by atoms with Crippen LogP contribution < -0.4 is 10.7 Å². The van der Waals surface area contributed by atoms with Crippen molar-refractivity contribution in [3.63, 3.8) is 0 Å². The van der Waals surface area contributed by atoms with E-state index in [0.717, 1.165) is 51.6 Å². The zero-order valence-electron chi connectivity index (χ0n) is 40.5. The Balaban J connectivity index is 0.000000591. The average Bonchev–Trinajstić information content (AvgIpc) is 3.94. The van der Waals surface area contributed by atoms with E-state index >= 15 is 4.79 Å². The van der Waals surface area contributed by atoms with Gasteiger partial charge in [-0.3, -0.25) is 38.9 Å². The van der Waals surface area contributed by atoms with Gasteiger partial charge in [0.05, 0.1) is 34.5 Å². The third kappa shape index (κ3) is 11.1. The molecular formula is C52H67N7O8. The number of amides is 3. The van der Waals surface area contributed by atoms with Crippen molar-refractivity contribution in [1.82, 2.24) is 35.1 Å². The molecule has 5 atom stereocenters. The van der Waals surface area contributed by atoms with Crippen LogP contribution in [0.5, 0.6) is 0 Å². The number of aldehydes is 1. The number of Topliss-reactive ketones (excluding diaryl/α,β-unsaturated/α-hetero) is 1. The summed E-state index contributed by atoms with van der Waals surface area (Å²) in [4.78, 5) is 86.4. The van der Waals surface area contributed by atoms with E-state index in [4.69, 9.17) is 14.5 Å². The summed E-state index contributed by atoms with van der Waals surface area (Å²) >= 11 is 0. The molecule has 0 aliphatic carbocycles. The van der Waals surface area contributed by atoms with Crippen LogP contribution >= 0.6 is 0 Å². The lowest BCUT2D eigenvalue weighted by molar-refractivity contribution is -0.155. The molecule has 3 aliphatic rings. The van der Waals surface area contributed by atoms with Gasteiger partial charge >= 0.3 is 5.97 Å². The number of pyridine rings is 1. The maximum Gasteiger partial charge on any atom is 0.324 e. The molecule has 7 rings (SSSR count). The van der Waals surface area contributed by atoms with Crippen LogP contribution in [0.3, 0.4) is 0 Å². The van der Waals surface area contributed by atoms with Gasteiger partial charge in [-0.05, 0) is 114 Å². The summed E-state index contributed by atoms with van der Waals surface area (Å²) in [7, 11) is 5.35. The summed E-state index contributed by atoms with van der Waals surface area (Å²) in [6.07, 6.45) is 5.61. The van der Waals surface area contributed by atoms with Gasteiger partial charge in [-0.25, -0.2) is 5.43 Å². The van der Waals surface area contributed by atoms with Crippen LogP contribution in [-0.4, -0.2) is 126 Å². The molecule has 2 fully saturated rings. The molecule has 15 nitrogen and oxygen atoms in total. The summed E-state index contributed by atoms with van der Waals surface area (Å²) in [5.41, 5.74) is 8.25. The second kappa shape index (κ2) is 21.7. The number of likely N-dealkylation sites (N-methyl/N-ethyl adjacent to an activating group) is 1. The second-order valence-electron chi connectivity index (χ2n) is 18.9. The van der Waals surface area contributed by atoms with Crippen LogP contribution in [0.4, 0.5) is 0 Å². The molecule has 5 heterocycles. The molecule has 2 aromatic carbocycles. The summed E-state index contributed by atoms with van der Waals surface area (Å²) in [6.45, 7) is 16.9. The number of nitrogens with zero attached hydrogens (tertiary/aromatic N) is 5. The number of carbonyl (C=O) groups excluding carboxylic acids is 6. The fraction of sp³-hybridized carbons (Fsp3) is 0.481. The summed E-state index contributed by atoms with van der Waals surface area (Å²) < 4.78 is 13.8. The Bertz CT molecular complexity index is 2490. The van der Waals surface area contributed by atoms with Crippen LogP contribution in [0.1, 0.15) is 88.5 Å². The quantitative estimate of drug-likeness (QED) is 0.106. The molecule has 358 valence electrons. The number of rotatable bonds is 10. The van der Waals surface area contributed by atoms with Crippen molar-refractivity contribution in [2.75, 3.05) is 47.4 Å². The van der Waals surface area contributed by atoms with Gasteiger partial charge in [0.2, 0.25) is 11.8 Å². The van der Waals surface area contributed by atoms with Gasteiger partial charge < -0.3 is 29.1 Å². The smallest absolute Gasteiger partial charge is 0.324 e. The first kappa shape index (κ1) is 50.4. The van der Waals surface area contributed by atoms with E-state index in [0.29, 0.717) is 50.3 Å². The number of ether oxygens (including phenoxy) is 2. The highest BCUT2D eigenvalue weighted by Crippen LogP contribution is 2.42. The van der Waals surface area contributed by atoms with Gasteiger partial charge in [0.15, 0.2) is 5.78 Å². The molecule has 3 aliphatic heterocycles. The highest BCUT2D eigenvalue weighted by molar-refractivity contribution is 6.16. The molecule has 4 unspecified atom stereocenters. The topological polar surface area (TPSA) is 172 Å². The Kier molecular flexibility index (Phi) is 16.3. The highest BCUT2D eigenvalue weighted by Gasteiger charge is 2.39. The van der Waals surface area contributed by atoms with Gasteiger partial charge in [0.1, 0.15) is 25.0 Å². The lowest BCUT2D eigenvalue weighted by atomic mass is 9.82. The largest absolute Gasteiger partial charge is 0.463 e. The third-order valence-corrected chi connectivity index (χ3v) is 13.0. The lowest BCUT2D eigenvalue weighted by Gasteiger charge is -2.36. The van der Waals surface area contributed by atoms with Crippen LogP contribution in [0.25, 0.3) is 33.3 Å². The van der Waals surface area contributed by atoms with Gasteiger partial charge in [-0.2, -0.15) is 0 Å². The predicted molar refractivity (Wildman–Crippen MR) is 258 cm³/mol. The average molecular weight is 918 g/mol. The molecule has 0 radical (unpaired) electrons. The number of likely N-dealkylation sites (tertiary alicyclic amines) is 1. The Labute approximate surface area is 394 Å². The standard InChI is InChI=1S/C44H56N6O6.C8H11NO2/c1-10-49-35-19-18-30-24-32(35)36(39(49)31-16-12-20-45-37(31)27(4)55-9)40(51)44(5,6)25-56-43(54)33-17-13-21-50(47-33)42(53)34(23-28-14-11-15-29(30)22-28)46-41(52)38(26(2)3)48(7)8;1-2-8(11)9-4-3-7(5-9)6-10/h11-12,14-16,18-20,22,24,26-27,33-34,38,47H,10,13,17,21,23,25H2,1-9H3,(H,46,52);2,6-7H,1,3-5H2/t27?,33-,34?,38?;/m0./s1. The molecule has 2 saturated heterocycles. The number of nitrogens with one attached hydrogen (secondary N) is 2. The second-order valence-corrected chi connectivity index (χ2v) is 18.9. The molecule has 3 amide bonds. The van der Waals surface area contributed by atoms with Crippen molar-refractivity contribution in [1.29, 1.82) is 0 Å². The fourth-order valence-electron chi connectivity index (χ4n) is 9.42. The summed E-state index contributed by atoms with van der Waals surface area (Å²) in [5, 5.41) is 5.28. The van der Waals surface area contributed by atoms with Gasteiger partial charge in [-0.1, -0.05) is 50.8 Å². The minimum atomic E-state index is -1.13. The van der Waals surface area contributed by atoms with Crippen molar-refractivity contribution in [3.8, 4) is 22.4 Å². The highest BCUT2D eigenvalue weighted by atomic mass is 16.5.